The van der Waals surface area contributed by atoms with Gasteiger partial charge in [-0.1, -0.05) is 6.07 Å². The summed E-state index contributed by atoms with van der Waals surface area (Å²) in [7, 11) is 1.62. The number of aliphatic hydroxyl groups is 1. The molecule has 1 spiro atoms. The molecule has 2 aliphatic heterocycles. The van der Waals surface area contributed by atoms with Crippen LogP contribution in [-0.2, 0) is 16.1 Å². The van der Waals surface area contributed by atoms with Gasteiger partial charge in [-0.3, -0.25) is 0 Å². The molecule has 2 saturated heterocycles. The Labute approximate surface area is 124 Å². The third-order valence-electron chi connectivity index (χ3n) is 4.22. The number of aliphatic hydroxyl groups excluding tert-OH is 1. The van der Waals surface area contributed by atoms with Gasteiger partial charge in [-0.05, 0) is 17.7 Å². The van der Waals surface area contributed by atoms with Crippen molar-refractivity contribution in [3.8, 4) is 11.5 Å². The van der Waals surface area contributed by atoms with E-state index in [-0.39, 0.29) is 18.3 Å². The molecular formula is C16H22O5. The van der Waals surface area contributed by atoms with Crippen molar-refractivity contribution in [1.82, 2.24) is 0 Å². The molecule has 116 valence electrons. The lowest BCUT2D eigenvalue weighted by atomic mass is 9.91. The highest BCUT2D eigenvalue weighted by atomic mass is 16.6. The maximum Gasteiger partial charge on any atom is 0.161 e. The molecule has 0 radical (unpaired) electrons. The van der Waals surface area contributed by atoms with Crippen LogP contribution in [0.25, 0.3) is 0 Å². The predicted molar refractivity (Wildman–Crippen MR) is 76.7 cm³/mol. The SMILES string of the molecule is COc1ccc(CO)cc1OC1CCOC2(CCOC2)C1. The van der Waals surface area contributed by atoms with Gasteiger partial charge in [0, 0.05) is 25.9 Å². The second-order valence-corrected chi connectivity index (χ2v) is 5.71. The van der Waals surface area contributed by atoms with Gasteiger partial charge in [0.25, 0.3) is 0 Å². The summed E-state index contributed by atoms with van der Waals surface area (Å²) in [4.78, 5) is 0. The van der Waals surface area contributed by atoms with Gasteiger partial charge in [-0.2, -0.15) is 0 Å². The minimum Gasteiger partial charge on any atom is -0.493 e. The van der Waals surface area contributed by atoms with Gasteiger partial charge in [-0.25, -0.2) is 0 Å². The molecule has 2 fully saturated rings. The van der Waals surface area contributed by atoms with Crippen LogP contribution in [-0.4, -0.2) is 43.7 Å². The third kappa shape index (κ3) is 3.15. The number of methoxy groups -OCH3 is 1. The zero-order chi connectivity index (χ0) is 14.7. The standard InChI is InChI=1S/C16H22O5/c1-18-14-3-2-12(10-17)8-15(14)21-13-4-6-20-16(9-13)5-7-19-11-16/h2-3,8,13,17H,4-7,9-11H2,1H3. The second-order valence-electron chi connectivity index (χ2n) is 5.71. The molecule has 0 amide bonds. The van der Waals surface area contributed by atoms with E-state index >= 15 is 0 Å². The number of hydrogen-bond acceptors (Lipinski definition) is 5. The molecular weight excluding hydrogens is 272 g/mol. The topological polar surface area (TPSA) is 57.2 Å². The smallest absolute Gasteiger partial charge is 0.161 e. The van der Waals surface area contributed by atoms with Crippen molar-refractivity contribution in [3.05, 3.63) is 23.8 Å². The number of rotatable bonds is 4. The van der Waals surface area contributed by atoms with Crippen LogP contribution in [0.2, 0.25) is 0 Å². The molecule has 21 heavy (non-hydrogen) atoms. The van der Waals surface area contributed by atoms with E-state index in [9.17, 15) is 5.11 Å². The summed E-state index contributed by atoms with van der Waals surface area (Å²) in [5.41, 5.74) is 0.641. The molecule has 0 aliphatic carbocycles. The molecule has 3 rings (SSSR count). The van der Waals surface area contributed by atoms with Crippen molar-refractivity contribution in [1.29, 1.82) is 0 Å². The van der Waals surface area contributed by atoms with Gasteiger partial charge in [0.15, 0.2) is 11.5 Å². The van der Waals surface area contributed by atoms with Crippen molar-refractivity contribution >= 4 is 0 Å². The summed E-state index contributed by atoms with van der Waals surface area (Å²) in [5.74, 6) is 1.38. The molecule has 1 N–H and O–H groups in total. The van der Waals surface area contributed by atoms with Crippen LogP contribution in [0.4, 0.5) is 0 Å². The molecule has 1 aromatic carbocycles. The zero-order valence-corrected chi connectivity index (χ0v) is 12.3. The Morgan fingerprint density at radius 2 is 2.24 bits per heavy atom. The van der Waals surface area contributed by atoms with Crippen LogP contribution in [0.5, 0.6) is 11.5 Å². The number of ether oxygens (including phenoxy) is 4. The second kappa shape index (κ2) is 6.22. The summed E-state index contributed by atoms with van der Waals surface area (Å²) in [6.07, 6.45) is 2.71. The van der Waals surface area contributed by atoms with Gasteiger partial charge >= 0.3 is 0 Å². The van der Waals surface area contributed by atoms with Gasteiger partial charge in [0.2, 0.25) is 0 Å². The van der Waals surface area contributed by atoms with E-state index in [4.69, 9.17) is 18.9 Å². The molecule has 2 atom stereocenters. The van der Waals surface area contributed by atoms with Crippen molar-refractivity contribution in [2.75, 3.05) is 26.9 Å². The fourth-order valence-corrected chi connectivity index (χ4v) is 3.04. The minimum absolute atomic E-state index is 0.00803. The minimum atomic E-state index is -0.176. The Kier molecular flexibility index (Phi) is 4.33. The van der Waals surface area contributed by atoms with Crippen LogP contribution in [0.1, 0.15) is 24.8 Å². The van der Waals surface area contributed by atoms with Gasteiger partial charge in [0.05, 0.1) is 32.5 Å². The summed E-state index contributed by atoms with van der Waals surface area (Å²) in [6, 6.07) is 5.50. The molecule has 0 bridgehead atoms. The Morgan fingerprint density at radius 1 is 1.33 bits per heavy atom. The fraction of sp³-hybridized carbons (Fsp3) is 0.625. The maximum atomic E-state index is 9.27. The maximum absolute atomic E-state index is 9.27. The molecule has 2 unspecified atom stereocenters. The first kappa shape index (κ1) is 14.6. The quantitative estimate of drug-likeness (QED) is 0.919. The van der Waals surface area contributed by atoms with Crippen molar-refractivity contribution in [3.63, 3.8) is 0 Å². The summed E-state index contributed by atoms with van der Waals surface area (Å²) in [5, 5.41) is 9.27. The molecule has 2 aliphatic rings. The van der Waals surface area contributed by atoms with E-state index in [1.165, 1.54) is 0 Å². The van der Waals surface area contributed by atoms with E-state index in [0.717, 1.165) is 31.4 Å². The van der Waals surface area contributed by atoms with E-state index in [0.29, 0.717) is 24.7 Å². The number of hydrogen-bond donors (Lipinski definition) is 1. The highest BCUT2D eigenvalue weighted by Crippen LogP contribution is 2.36. The monoisotopic (exact) mass is 294 g/mol. The largest absolute Gasteiger partial charge is 0.493 e. The van der Waals surface area contributed by atoms with Crippen LogP contribution in [0.15, 0.2) is 18.2 Å². The van der Waals surface area contributed by atoms with Crippen LogP contribution >= 0.6 is 0 Å². The van der Waals surface area contributed by atoms with Crippen LogP contribution < -0.4 is 9.47 Å². The molecule has 5 nitrogen and oxygen atoms in total. The first-order valence-electron chi connectivity index (χ1n) is 7.41. The first-order valence-corrected chi connectivity index (χ1v) is 7.41. The number of benzene rings is 1. The molecule has 1 aromatic rings. The van der Waals surface area contributed by atoms with E-state index in [1.54, 1.807) is 7.11 Å². The molecule has 5 heteroatoms. The van der Waals surface area contributed by atoms with E-state index in [1.807, 2.05) is 18.2 Å². The zero-order valence-electron chi connectivity index (χ0n) is 12.3. The summed E-state index contributed by atoms with van der Waals surface area (Å²) < 4.78 is 22.9. The Balaban J connectivity index is 1.73. The molecule has 0 saturated carbocycles. The Morgan fingerprint density at radius 3 is 2.95 bits per heavy atom. The third-order valence-corrected chi connectivity index (χ3v) is 4.22. The highest BCUT2D eigenvalue weighted by Gasteiger charge is 2.42. The summed E-state index contributed by atoms with van der Waals surface area (Å²) in [6.45, 7) is 2.10. The van der Waals surface area contributed by atoms with Crippen molar-refractivity contribution in [2.45, 2.75) is 37.6 Å². The Hall–Kier alpha value is -1.30. The average Bonchev–Trinajstić information content (AvgIpc) is 2.95. The first-order chi connectivity index (χ1) is 10.2. The lowest BCUT2D eigenvalue weighted by Crippen LogP contribution is -2.44. The average molecular weight is 294 g/mol. The normalized spacial score (nSPS) is 28.8. The van der Waals surface area contributed by atoms with Crippen LogP contribution in [0, 0.1) is 0 Å². The van der Waals surface area contributed by atoms with E-state index in [2.05, 4.69) is 0 Å². The lowest BCUT2D eigenvalue weighted by molar-refractivity contribution is -0.112. The fourth-order valence-electron chi connectivity index (χ4n) is 3.04. The predicted octanol–water partition coefficient (Wildman–Crippen LogP) is 1.90. The molecule has 0 aromatic heterocycles. The summed E-state index contributed by atoms with van der Waals surface area (Å²) >= 11 is 0. The van der Waals surface area contributed by atoms with Gasteiger partial charge in [-0.15, -0.1) is 0 Å². The van der Waals surface area contributed by atoms with Crippen LogP contribution in [0.3, 0.4) is 0 Å². The Bertz CT molecular complexity index is 482. The highest BCUT2D eigenvalue weighted by molar-refractivity contribution is 5.43. The van der Waals surface area contributed by atoms with Gasteiger partial charge < -0.3 is 24.1 Å². The van der Waals surface area contributed by atoms with Crippen molar-refractivity contribution in [2.24, 2.45) is 0 Å². The van der Waals surface area contributed by atoms with Gasteiger partial charge in [0.1, 0.15) is 6.10 Å². The van der Waals surface area contributed by atoms with E-state index < -0.39 is 0 Å². The lowest BCUT2D eigenvalue weighted by Gasteiger charge is -2.37. The van der Waals surface area contributed by atoms with Crippen molar-refractivity contribution < 1.29 is 24.1 Å². The molecule has 2 heterocycles.